The summed E-state index contributed by atoms with van der Waals surface area (Å²) < 4.78 is 20.6. The summed E-state index contributed by atoms with van der Waals surface area (Å²) in [4.78, 5) is 57.5. The molecule has 3 aliphatic rings. The van der Waals surface area contributed by atoms with Gasteiger partial charge in [0.05, 0.1) is 35.1 Å². The Bertz CT molecular complexity index is 1640. The summed E-state index contributed by atoms with van der Waals surface area (Å²) in [5, 5.41) is 0. The van der Waals surface area contributed by atoms with Crippen molar-refractivity contribution in [2.45, 2.75) is 12.1 Å². The number of anilines is 1. The molecule has 0 saturated carbocycles. The van der Waals surface area contributed by atoms with Crippen LogP contribution in [0.1, 0.15) is 20.7 Å². The lowest BCUT2D eigenvalue weighted by Gasteiger charge is -2.33. The second-order valence-electron chi connectivity index (χ2n) is 9.74. The predicted octanol–water partition coefficient (Wildman–Crippen LogP) is 4.97. The van der Waals surface area contributed by atoms with Crippen LogP contribution in [0, 0.1) is 17.7 Å². The molecule has 200 valence electrons. The van der Waals surface area contributed by atoms with E-state index in [9.17, 15) is 23.6 Å². The van der Waals surface area contributed by atoms with Crippen molar-refractivity contribution in [3.63, 3.8) is 0 Å². The first-order valence-corrected chi connectivity index (χ1v) is 13.4. The summed E-state index contributed by atoms with van der Waals surface area (Å²) in [6.07, 6.45) is 4.84. The molecule has 0 spiro atoms. The average Bonchev–Trinajstić information content (AvgIpc) is 3.44. The van der Waals surface area contributed by atoms with Crippen LogP contribution in [0.25, 0.3) is 0 Å². The number of amides is 2. The smallest absolute Gasteiger partial charge is 0.240 e. The maximum atomic E-state index is 14.8. The topological polar surface area (TPSA) is 84.0 Å². The fraction of sp³-hybridized carbons (Fsp3) is 0.161. The second kappa shape index (κ2) is 9.98. The van der Waals surface area contributed by atoms with E-state index in [0.29, 0.717) is 26.9 Å². The van der Waals surface area contributed by atoms with E-state index in [4.69, 9.17) is 4.74 Å². The zero-order chi connectivity index (χ0) is 28.1. The van der Waals surface area contributed by atoms with Gasteiger partial charge in [-0.15, -0.1) is 0 Å². The van der Waals surface area contributed by atoms with Gasteiger partial charge in [-0.1, -0.05) is 48.5 Å². The summed E-state index contributed by atoms with van der Waals surface area (Å²) in [7, 11) is 1.51. The minimum Gasteiger partial charge on any atom is -0.496 e. The van der Waals surface area contributed by atoms with Crippen LogP contribution in [-0.4, -0.2) is 47.5 Å². The number of halogens is 2. The van der Waals surface area contributed by atoms with Gasteiger partial charge in [-0.25, -0.2) is 9.29 Å². The summed E-state index contributed by atoms with van der Waals surface area (Å²) >= 11 is 3.40. The van der Waals surface area contributed by atoms with Crippen LogP contribution >= 0.6 is 15.9 Å². The van der Waals surface area contributed by atoms with Crippen molar-refractivity contribution < 1.29 is 28.3 Å². The molecule has 40 heavy (non-hydrogen) atoms. The molecule has 2 fully saturated rings. The fourth-order valence-electron chi connectivity index (χ4n) is 5.81. The number of fused-ring (bicyclic) bond motifs is 3. The van der Waals surface area contributed by atoms with Gasteiger partial charge < -0.3 is 9.64 Å². The molecule has 0 aliphatic carbocycles. The SMILES string of the molecule is COc1ccc(C(=O)[C@H]2[C@@H]3C(=O)N(c4ccccc4F)C(=O)[C@@H]3[C@H]3C=C(C(=O)c4ccccc4)C=CN32)cc1Br. The maximum Gasteiger partial charge on any atom is 0.240 e. The number of allylic oxidation sites excluding steroid dienone is 2. The van der Waals surface area contributed by atoms with Gasteiger partial charge in [-0.2, -0.15) is 0 Å². The molecule has 3 heterocycles. The number of para-hydroxylation sites is 1. The Morgan fingerprint density at radius 2 is 1.60 bits per heavy atom. The van der Waals surface area contributed by atoms with E-state index in [1.807, 2.05) is 0 Å². The van der Waals surface area contributed by atoms with Crippen LogP contribution < -0.4 is 9.64 Å². The number of carbonyl (C=O) groups excluding carboxylic acids is 4. The van der Waals surface area contributed by atoms with Crippen molar-refractivity contribution in [3.8, 4) is 5.75 Å². The molecule has 4 atom stereocenters. The highest BCUT2D eigenvalue weighted by molar-refractivity contribution is 9.10. The quantitative estimate of drug-likeness (QED) is 0.293. The van der Waals surface area contributed by atoms with Gasteiger partial charge in [0.2, 0.25) is 11.8 Å². The number of hydrogen-bond acceptors (Lipinski definition) is 6. The third kappa shape index (κ3) is 4.00. The highest BCUT2D eigenvalue weighted by Gasteiger charge is 2.63. The Labute approximate surface area is 237 Å². The van der Waals surface area contributed by atoms with Crippen molar-refractivity contribution in [1.82, 2.24) is 4.90 Å². The molecular weight excluding hydrogens is 579 g/mol. The molecule has 9 heteroatoms. The Morgan fingerprint density at radius 1 is 0.900 bits per heavy atom. The highest BCUT2D eigenvalue weighted by Crippen LogP contribution is 2.47. The molecule has 3 aromatic rings. The molecule has 6 rings (SSSR count). The molecule has 2 saturated heterocycles. The summed E-state index contributed by atoms with van der Waals surface area (Å²) in [6, 6.07) is 17.3. The molecule has 3 aromatic carbocycles. The van der Waals surface area contributed by atoms with Gasteiger partial charge in [0.25, 0.3) is 0 Å². The number of ketones is 2. The Morgan fingerprint density at radius 3 is 2.30 bits per heavy atom. The predicted molar refractivity (Wildman–Crippen MR) is 148 cm³/mol. The van der Waals surface area contributed by atoms with Gasteiger partial charge in [0, 0.05) is 22.9 Å². The van der Waals surface area contributed by atoms with Crippen LogP contribution in [0.4, 0.5) is 10.1 Å². The van der Waals surface area contributed by atoms with Crippen LogP contribution in [-0.2, 0) is 9.59 Å². The Kier molecular flexibility index (Phi) is 6.46. The minimum absolute atomic E-state index is 0.159. The number of carbonyl (C=O) groups is 4. The molecule has 0 N–H and O–H groups in total. The largest absolute Gasteiger partial charge is 0.496 e. The summed E-state index contributed by atoms with van der Waals surface area (Å²) in [5.74, 6) is -4.16. The number of Topliss-reactive ketones (excluding diaryl/α,β-unsaturated/α-hetero) is 2. The van der Waals surface area contributed by atoms with E-state index < -0.39 is 41.6 Å². The van der Waals surface area contributed by atoms with Gasteiger partial charge in [-0.05, 0) is 52.3 Å². The lowest BCUT2D eigenvalue weighted by Crippen LogP contribution is -2.46. The number of hydrogen-bond donors (Lipinski definition) is 0. The second-order valence-corrected chi connectivity index (χ2v) is 10.6. The zero-order valence-corrected chi connectivity index (χ0v) is 22.7. The van der Waals surface area contributed by atoms with E-state index >= 15 is 0 Å². The van der Waals surface area contributed by atoms with Crippen molar-refractivity contribution in [2.24, 2.45) is 11.8 Å². The molecule has 0 radical (unpaired) electrons. The lowest BCUT2D eigenvalue weighted by atomic mass is 9.85. The third-order valence-corrected chi connectivity index (χ3v) is 8.26. The average molecular weight is 601 g/mol. The lowest BCUT2D eigenvalue weighted by molar-refractivity contribution is -0.123. The zero-order valence-electron chi connectivity index (χ0n) is 21.2. The van der Waals surface area contributed by atoms with Crippen molar-refractivity contribution in [3.05, 3.63) is 118 Å². The Hall–Kier alpha value is -4.37. The molecule has 7 nitrogen and oxygen atoms in total. The van der Waals surface area contributed by atoms with Crippen LogP contribution in [0.3, 0.4) is 0 Å². The van der Waals surface area contributed by atoms with E-state index in [1.54, 1.807) is 71.8 Å². The minimum atomic E-state index is -1.09. The first-order chi connectivity index (χ1) is 19.3. The Balaban J connectivity index is 1.44. The monoisotopic (exact) mass is 600 g/mol. The summed E-state index contributed by atoms with van der Waals surface area (Å²) in [5.41, 5.74) is 0.966. The van der Waals surface area contributed by atoms with Crippen molar-refractivity contribution >= 4 is 45.0 Å². The van der Waals surface area contributed by atoms with Gasteiger partial charge in [0.1, 0.15) is 17.6 Å². The van der Waals surface area contributed by atoms with Gasteiger partial charge >= 0.3 is 0 Å². The molecule has 0 bridgehead atoms. The highest BCUT2D eigenvalue weighted by atomic mass is 79.9. The van der Waals surface area contributed by atoms with Crippen LogP contribution in [0.15, 0.2) is 101 Å². The van der Waals surface area contributed by atoms with E-state index in [1.165, 1.54) is 31.4 Å². The number of ether oxygens (including phenoxy) is 1. The first-order valence-electron chi connectivity index (χ1n) is 12.6. The van der Waals surface area contributed by atoms with Crippen molar-refractivity contribution in [2.75, 3.05) is 12.0 Å². The van der Waals surface area contributed by atoms with Crippen LogP contribution in [0.5, 0.6) is 5.75 Å². The van der Waals surface area contributed by atoms with Crippen LogP contribution in [0.2, 0.25) is 0 Å². The third-order valence-electron chi connectivity index (χ3n) is 7.64. The number of nitrogens with zero attached hydrogens (tertiary/aromatic N) is 2. The summed E-state index contributed by atoms with van der Waals surface area (Å²) in [6.45, 7) is 0. The normalized spacial score (nSPS) is 23.1. The maximum absolute atomic E-state index is 14.8. The molecule has 0 aromatic heterocycles. The van der Waals surface area contributed by atoms with E-state index in [-0.39, 0.29) is 17.3 Å². The van der Waals surface area contributed by atoms with E-state index in [2.05, 4.69) is 15.9 Å². The molecule has 0 unspecified atom stereocenters. The number of benzene rings is 3. The number of rotatable bonds is 6. The molecule has 2 amide bonds. The molecular formula is C31H22BrFN2O5. The number of methoxy groups -OCH3 is 1. The van der Waals surface area contributed by atoms with Gasteiger partial charge in [0.15, 0.2) is 11.6 Å². The molecule has 3 aliphatic heterocycles. The standard InChI is InChI=1S/C31H22BrFN2O5/c1-40-24-12-11-18(15-20(24)32)29(37)27-26-25(30(38)35(31(26)39)22-10-6-5-9-21(22)33)23-16-19(13-14-34(23)27)28(36)17-7-3-2-4-8-17/h2-16,23,25-27H,1H3/t23-,25-,26-,27-/m1/s1. The van der Waals surface area contributed by atoms with E-state index in [0.717, 1.165) is 4.90 Å². The van der Waals surface area contributed by atoms with Crippen molar-refractivity contribution in [1.29, 1.82) is 0 Å². The van der Waals surface area contributed by atoms with Gasteiger partial charge in [-0.3, -0.25) is 19.2 Å². The first kappa shape index (κ1) is 25.9. The number of imide groups is 1. The fourth-order valence-corrected chi connectivity index (χ4v) is 6.36.